The Labute approximate surface area is 199 Å². The minimum atomic E-state index is 0.0360. The molecule has 0 atom stereocenters. The van der Waals surface area contributed by atoms with Crippen molar-refractivity contribution >= 4 is 39.1 Å². The van der Waals surface area contributed by atoms with Crippen molar-refractivity contribution in [1.82, 2.24) is 23.9 Å². The van der Waals surface area contributed by atoms with Crippen LogP contribution in [0.5, 0.6) is 0 Å². The molecule has 0 bridgehead atoms. The molecule has 0 spiro atoms. The van der Waals surface area contributed by atoms with Gasteiger partial charge in [0.2, 0.25) is 5.78 Å². The fourth-order valence-corrected chi connectivity index (χ4v) is 6.77. The van der Waals surface area contributed by atoms with E-state index in [1.165, 1.54) is 10.4 Å². The second-order valence-corrected chi connectivity index (χ2v) is 10.7. The zero-order valence-corrected chi connectivity index (χ0v) is 20.4. The maximum Gasteiger partial charge on any atom is 0.267 e. The summed E-state index contributed by atoms with van der Waals surface area (Å²) in [4.78, 5) is 30.2. The molecule has 0 N–H and O–H groups in total. The van der Waals surface area contributed by atoms with Crippen molar-refractivity contribution < 1.29 is 0 Å². The highest BCUT2D eigenvalue weighted by atomic mass is 32.2. The predicted molar refractivity (Wildman–Crippen MR) is 134 cm³/mol. The van der Waals surface area contributed by atoms with E-state index in [0.717, 1.165) is 57.8 Å². The number of aromatic nitrogens is 5. The average Bonchev–Trinajstić information content (AvgIpc) is 3.47. The number of imidazole rings is 1. The third kappa shape index (κ3) is 3.48. The Morgan fingerprint density at radius 1 is 1.06 bits per heavy atom. The number of thioether (sulfide) groups is 1. The molecule has 33 heavy (non-hydrogen) atoms. The van der Waals surface area contributed by atoms with E-state index in [9.17, 15) is 4.79 Å². The number of thiophene rings is 1. The van der Waals surface area contributed by atoms with Crippen LogP contribution in [0.25, 0.3) is 21.7 Å². The molecule has 0 saturated carbocycles. The molecule has 0 saturated heterocycles. The van der Waals surface area contributed by atoms with Crippen molar-refractivity contribution in [2.75, 3.05) is 0 Å². The van der Waals surface area contributed by atoms with Crippen molar-refractivity contribution in [3.63, 3.8) is 0 Å². The van der Waals surface area contributed by atoms with Crippen molar-refractivity contribution in [3.8, 4) is 5.69 Å². The first kappa shape index (κ1) is 20.6. The lowest BCUT2D eigenvalue weighted by molar-refractivity contribution is 0.819. The van der Waals surface area contributed by atoms with Crippen LogP contribution in [-0.4, -0.2) is 23.9 Å². The molecule has 6 nitrogen and oxygen atoms in total. The van der Waals surface area contributed by atoms with Crippen LogP contribution >= 0.6 is 23.1 Å². The molecular weight excluding hydrogens is 450 g/mol. The van der Waals surface area contributed by atoms with Gasteiger partial charge in [0.1, 0.15) is 4.83 Å². The summed E-state index contributed by atoms with van der Waals surface area (Å²) in [7, 11) is 0. The van der Waals surface area contributed by atoms with Crippen LogP contribution in [0.1, 0.15) is 39.5 Å². The average molecular weight is 474 g/mol. The van der Waals surface area contributed by atoms with Gasteiger partial charge in [-0.25, -0.2) is 15.0 Å². The number of hydrogen-bond acceptors (Lipinski definition) is 6. The van der Waals surface area contributed by atoms with Crippen LogP contribution in [0, 0.1) is 20.8 Å². The highest BCUT2D eigenvalue weighted by molar-refractivity contribution is 7.98. The maximum absolute atomic E-state index is 13.8. The molecule has 4 heterocycles. The van der Waals surface area contributed by atoms with Gasteiger partial charge in [0.25, 0.3) is 5.56 Å². The molecule has 6 rings (SSSR count). The summed E-state index contributed by atoms with van der Waals surface area (Å²) in [5.41, 5.74) is 6.23. The Bertz CT molecular complexity index is 1590. The highest BCUT2D eigenvalue weighted by Crippen LogP contribution is 2.36. The third-order valence-electron chi connectivity index (χ3n) is 6.16. The molecule has 1 aliphatic carbocycles. The van der Waals surface area contributed by atoms with Crippen LogP contribution in [-0.2, 0) is 18.6 Å². The van der Waals surface area contributed by atoms with Gasteiger partial charge >= 0.3 is 0 Å². The first-order valence-corrected chi connectivity index (χ1v) is 12.9. The zero-order valence-electron chi connectivity index (χ0n) is 18.8. The topological polar surface area (TPSA) is 65.1 Å². The van der Waals surface area contributed by atoms with Crippen molar-refractivity contribution in [2.24, 2.45) is 0 Å². The first-order chi connectivity index (χ1) is 16.0. The van der Waals surface area contributed by atoms with Gasteiger partial charge in [0, 0.05) is 28.2 Å². The molecular formula is C25H23N5OS2. The van der Waals surface area contributed by atoms with Gasteiger partial charge in [-0.2, -0.15) is 0 Å². The quantitative estimate of drug-likeness (QED) is 0.265. The number of aryl methyl sites for hydroxylation is 5. The standard InChI is InChI=1S/C25H23N5OS2/c1-14-7-9-18(10-8-14)30-23(31)21-19-5-4-6-20(19)33-22(21)28-25(30)32-13-17-12-29-16(3)11-15(2)26-24(29)27-17/h7-12H,4-6,13H2,1-3H3. The van der Waals surface area contributed by atoms with E-state index in [2.05, 4.69) is 18.8 Å². The Balaban J connectivity index is 1.46. The van der Waals surface area contributed by atoms with Crippen LogP contribution in [0.15, 0.2) is 46.5 Å². The Morgan fingerprint density at radius 3 is 2.70 bits per heavy atom. The molecule has 4 aromatic heterocycles. The Morgan fingerprint density at radius 2 is 1.88 bits per heavy atom. The molecule has 5 aromatic rings. The van der Waals surface area contributed by atoms with Gasteiger partial charge in [-0.05, 0) is 63.8 Å². The van der Waals surface area contributed by atoms with Gasteiger partial charge in [0.05, 0.1) is 16.8 Å². The number of nitrogens with zero attached hydrogens (tertiary/aromatic N) is 5. The Hall–Kier alpha value is -2.97. The van der Waals surface area contributed by atoms with Crippen LogP contribution in [0.4, 0.5) is 0 Å². The van der Waals surface area contributed by atoms with E-state index in [1.54, 1.807) is 27.7 Å². The van der Waals surface area contributed by atoms with Gasteiger partial charge in [-0.15, -0.1) is 11.3 Å². The van der Waals surface area contributed by atoms with E-state index < -0.39 is 0 Å². The lowest BCUT2D eigenvalue weighted by atomic mass is 10.2. The van der Waals surface area contributed by atoms with Gasteiger partial charge in [-0.3, -0.25) is 13.8 Å². The third-order valence-corrected chi connectivity index (χ3v) is 8.32. The fourth-order valence-electron chi connectivity index (χ4n) is 4.57. The van der Waals surface area contributed by atoms with Gasteiger partial charge < -0.3 is 0 Å². The molecule has 0 aliphatic heterocycles. The summed E-state index contributed by atoms with van der Waals surface area (Å²) in [6, 6.07) is 10.1. The van der Waals surface area contributed by atoms with E-state index in [1.807, 2.05) is 47.9 Å². The molecule has 0 amide bonds. The predicted octanol–water partition coefficient (Wildman–Crippen LogP) is 5.20. The lowest BCUT2D eigenvalue weighted by Crippen LogP contribution is -2.21. The minimum absolute atomic E-state index is 0.0360. The normalized spacial score (nSPS) is 13.3. The van der Waals surface area contributed by atoms with E-state index in [-0.39, 0.29) is 5.56 Å². The Kier molecular flexibility index (Phi) is 4.88. The highest BCUT2D eigenvalue weighted by Gasteiger charge is 2.24. The largest absolute Gasteiger partial charge is 0.288 e. The molecule has 0 fully saturated rings. The number of fused-ring (bicyclic) bond motifs is 4. The number of benzene rings is 1. The SMILES string of the molecule is Cc1ccc(-n2c(SCc3cn4c(C)cc(C)nc4n3)nc3sc4c(c3c2=O)CCC4)cc1. The monoisotopic (exact) mass is 473 g/mol. The van der Waals surface area contributed by atoms with Crippen molar-refractivity contribution in [1.29, 1.82) is 0 Å². The molecule has 1 aliphatic rings. The number of rotatable bonds is 4. The second-order valence-electron chi connectivity index (χ2n) is 8.64. The summed E-state index contributed by atoms with van der Waals surface area (Å²) in [6.07, 6.45) is 5.17. The van der Waals surface area contributed by atoms with Crippen LogP contribution in [0.2, 0.25) is 0 Å². The summed E-state index contributed by atoms with van der Waals surface area (Å²) < 4.78 is 3.79. The molecule has 0 radical (unpaired) electrons. The molecule has 8 heteroatoms. The van der Waals surface area contributed by atoms with E-state index in [4.69, 9.17) is 9.97 Å². The molecule has 0 unspecified atom stereocenters. The molecule has 166 valence electrons. The smallest absolute Gasteiger partial charge is 0.267 e. The summed E-state index contributed by atoms with van der Waals surface area (Å²) in [5, 5.41) is 1.51. The zero-order chi connectivity index (χ0) is 22.7. The van der Waals surface area contributed by atoms with E-state index >= 15 is 0 Å². The van der Waals surface area contributed by atoms with Crippen LogP contribution < -0.4 is 5.56 Å². The van der Waals surface area contributed by atoms with Crippen molar-refractivity contribution in [2.45, 2.75) is 50.9 Å². The lowest BCUT2D eigenvalue weighted by Gasteiger charge is -2.12. The fraction of sp³-hybridized carbons (Fsp3) is 0.280. The summed E-state index contributed by atoms with van der Waals surface area (Å²) in [5.74, 6) is 1.31. The van der Waals surface area contributed by atoms with Crippen LogP contribution in [0.3, 0.4) is 0 Å². The van der Waals surface area contributed by atoms with Gasteiger partial charge in [0.15, 0.2) is 5.16 Å². The summed E-state index contributed by atoms with van der Waals surface area (Å²) in [6.45, 7) is 6.09. The first-order valence-electron chi connectivity index (χ1n) is 11.1. The van der Waals surface area contributed by atoms with Gasteiger partial charge in [-0.1, -0.05) is 29.5 Å². The maximum atomic E-state index is 13.8. The molecule has 1 aromatic carbocycles. The summed E-state index contributed by atoms with van der Waals surface area (Å²) >= 11 is 3.23. The van der Waals surface area contributed by atoms with E-state index in [0.29, 0.717) is 16.7 Å². The van der Waals surface area contributed by atoms with Crippen molar-refractivity contribution in [3.05, 3.63) is 80.0 Å². The number of hydrogen-bond donors (Lipinski definition) is 0. The minimum Gasteiger partial charge on any atom is -0.288 e. The second kappa shape index (κ2) is 7.81.